The van der Waals surface area contributed by atoms with Crippen molar-refractivity contribution in [1.82, 2.24) is 30.3 Å². The molecule has 3 heterocycles. The van der Waals surface area contributed by atoms with Crippen molar-refractivity contribution in [3.05, 3.63) is 58.9 Å². The Morgan fingerprint density at radius 3 is 2.37 bits per heavy atom. The molecule has 1 atom stereocenters. The number of ether oxygens (including phenoxy) is 1. The summed E-state index contributed by atoms with van der Waals surface area (Å²) in [6.45, 7) is 13.2. The van der Waals surface area contributed by atoms with Crippen molar-refractivity contribution in [3.63, 3.8) is 0 Å². The number of alkyl carbamates (subject to hydrolysis) is 1. The number of likely N-dealkylation sites (N-methyl/N-ethyl adjacent to an activating group) is 1. The van der Waals surface area contributed by atoms with E-state index in [2.05, 4.69) is 30.3 Å². The number of benzene rings is 1. The van der Waals surface area contributed by atoms with Crippen LogP contribution in [0.25, 0.3) is 0 Å². The standard InChI is InChI=1S/C33H45FN8O4/c1-7-28-38-31(46-39-28)41-15-13-24(14-16-41)42(23-10-11-23)29(43)22-18-35-30(36-19-22)40(8-2)20-27(37-32(44)45-33(4,5)6)25-17-21(3)9-12-26(25)34/h9,12,17-19,23-24,27H,7-8,10-11,13-16,20H2,1-6H3,(H,37,44). The normalized spacial score (nSPS) is 16.2. The predicted molar refractivity (Wildman–Crippen MR) is 171 cm³/mol. The quantitative estimate of drug-likeness (QED) is 0.298. The Balaban J connectivity index is 1.28. The number of hydrogen-bond donors (Lipinski definition) is 1. The highest BCUT2D eigenvalue weighted by Gasteiger charge is 2.40. The van der Waals surface area contributed by atoms with Crippen LogP contribution in [0.3, 0.4) is 0 Å². The van der Waals surface area contributed by atoms with Gasteiger partial charge in [-0.2, -0.15) is 4.98 Å². The van der Waals surface area contributed by atoms with E-state index in [1.54, 1.807) is 45.3 Å². The molecule has 1 aliphatic heterocycles. The van der Waals surface area contributed by atoms with Crippen LogP contribution in [-0.4, -0.2) is 80.9 Å². The van der Waals surface area contributed by atoms with Crippen molar-refractivity contribution >= 4 is 24.0 Å². The second kappa shape index (κ2) is 14.0. The first-order chi connectivity index (χ1) is 22.0. The molecule has 2 aliphatic rings. The van der Waals surface area contributed by atoms with Gasteiger partial charge in [0.15, 0.2) is 5.82 Å². The molecule has 46 heavy (non-hydrogen) atoms. The van der Waals surface area contributed by atoms with E-state index in [1.165, 1.54) is 6.07 Å². The van der Waals surface area contributed by atoms with E-state index in [9.17, 15) is 9.59 Å². The number of nitrogens with one attached hydrogen (secondary N) is 1. The molecule has 12 nitrogen and oxygen atoms in total. The van der Waals surface area contributed by atoms with Gasteiger partial charge in [0, 0.05) is 62.6 Å². The summed E-state index contributed by atoms with van der Waals surface area (Å²) < 4.78 is 25.9. The first-order valence-corrected chi connectivity index (χ1v) is 16.2. The van der Waals surface area contributed by atoms with Crippen molar-refractivity contribution in [3.8, 4) is 0 Å². The average Bonchev–Trinajstić information content (AvgIpc) is 3.74. The Labute approximate surface area is 269 Å². The van der Waals surface area contributed by atoms with E-state index in [0.29, 0.717) is 35.5 Å². The summed E-state index contributed by atoms with van der Waals surface area (Å²) in [5, 5.41) is 6.84. The van der Waals surface area contributed by atoms with Crippen LogP contribution in [0, 0.1) is 12.7 Å². The minimum atomic E-state index is -0.739. The molecule has 0 radical (unpaired) electrons. The average molecular weight is 637 g/mol. The molecular formula is C33H45FN8O4. The van der Waals surface area contributed by atoms with Crippen LogP contribution in [-0.2, 0) is 11.2 Å². The zero-order valence-electron chi connectivity index (χ0n) is 27.6. The minimum absolute atomic E-state index is 0.0760. The number of aromatic nitrogens is 4. The molecule has 248 valence electrons. The lowest BCUT2D eigenvalue weighted by Crippen LogP contribution is -2.48. The van der Waals surface area contributed by atoms with Gasteiger partial charge >= 0.3 is 12.1 Å². The van der Waals surface area contributed by atoms with Gasteiger partial charge in [0.1, 0.15) is 11.4 Å². The minimum Gasteiger partial charge on any atom is -0.444 e. The van der Waals surface area contributed by atoms with Gasteiger partial charge in [-0.25, -0.2) is 19.2 Å². The Hall–Kier alpha value is -4.29. The number of rotatable bonds is 11. The number of piperidine rings is 1. The lowest BCUT2D eigenvalue weighted by atomic mass is 10.0. The summed E-state index contributed by atoms with van der Waals surface area (Å²) in [7, 11) is 0. The Morgan fingerprint density at radius 1 is 1.11 bits per heavy atom. The zero-order chi connectivity index (χ0) is 33.0. The molecule has 1 unspecified atom stereocenters. The van der Waals surface area contributed by atoms with Gasteiger partial charge in [0.2, 0.25) is 5.95 Å². The molecule has 1 saturated heterocycles. The van der Waals surface area contributed by atoms with E-state index in [1.807, 2.05) is 30.6 Å². The maximum absolute atomic E-state index is 15.0. The van der Waals surface area contributed by atoms with Crippen molar-refractivity contribution in [1.29, 1.82) is 0 Å². The number of amides is 2. The molecule has 0 spiro atoms. The maximum Gasteiger partial charge on any atom is 0.408 e. The Morgan fingerprint density at radius 2 is 1.78 bits per heavy atom. The summed E-state index contributed by atoms with van der Waals surface area (Å²) in [6.07, 6.45) is 6.77. The predicted octanol–water partition coefficient (Wildman–Crippen LogP) is 5.24. The first-order valence-electron chi connectivity index (χ1n) is 16.2. The fourth-order valence-electron chi connectivity index (χ4n) is 5.75. The monoisotopic (exact) mass is 636 g/mol. The van der Waals surface area contributed by atoms with Crippen LogP contribution in [0.2, 0.25) is 0 Å². The number of carbonyl (C=O) groups excluding carboxylic acids is 2. The van der Waals surface area contributed by atoms with Gasteiger partial charge in [-0.1, -0.05) is 29.8 Å². The molecule has 1 saturated carbocycles. The third kappa shape index (κ3) is 8.10. The SMILES string of the molecule is CCc1noc(N2CCC(N(C(=O)c3cnc(N(CC)CC(NC(=O)OC(C)(C)C)c4cc(C)ccc4F)nc3)C3CC3)CC2)n1. The molecule has 0 bridgehead atoms. The second-order valence-corrected chi connectivity index (χ2v) is 13.0. The Kier molecular flexibility index (Phi) is 10.1. The van der Waals surface area contributed by atoms with Crippen LogP contribution in [0.15, 0.2) is 35.1 Å². The summed E-state index contributed by atoms with van der Waals surface area (Å²) in [5.74, 6) is 0.556. The number of nitrogens with zero attached hydrogens (tertiary/aromatic N) is 7. The van der Waals surface area contributed by atoms with Crippen molar-refractivity contribution in [2.45, 2.75) is 97.4 Å². The molecule has 13 heteroatoms. The third-order valence-corrected chi connectivity index (χ3v) is 8.25. The van der Waals surface area contributed by atoms with Crippen LogP contribution in [0.5, 0.6) is 0 Å². The summed E-state index contributed by atoms with van der Waals surface area (Å²) in [4.78, 5) is 46.1. The third-order valence-electron chi connectivity index (χ3n) is 8.25. The van der Waals surface area contributed by atoms with E-state index in [4.69, 9.17) is 9.26 Å². The number of aryl methyl sites for hydroxylation is 2. The van der Waals surface area contributed by atoms with Crippen molar-refractivity contribution in [2.24, 2.45) is 0 Å². The van der Waals surface area contributed by atoms with Crippen molar-refractivity contribution < 1.29 is 23.2 Å². The smallest absolute Gasteiger partial charge is 0.408 e. The fraction of sp³-hybridized carbons (Fsp3) is 0.576. The maximum atomic E-state index is 15.0. The van der Waals surface area contributed by atoms with Gasteiger partial charge in [-0.3, -0.25) is 4.79 Å². The van der Waals surface area contributed by atoms with E-state index in [0.717, 1.165) is 50.8 Å². The van der Waals surface area contributed by atoms with Gasteiger partial charge in [0.25, 0.3) is 5.91 Å². The summed E-state index contributed by atoms with van der Waals surface area (Å²) in [5.41, 5.74) is 0.910. The highest BCUT2D eigenvalue weighted by molar-refractivity contribution is 5.94. The number of hydrogen-bond acceptors (Lipinski definition) is 10. The molecular weight excluding hydrogens is 591 g/mol. The zero-order valence-corrected chi connectivity index (χ0v) is 27.6. The fourth-order valence-corrected chi connectivity index (χ4v) is 5.75. The van der Waals surface area contributed by atoms with Gasteiger partial charge in [-0.05, 0) is 66.4 Å². The molecule has 5 rings (SSSR count). The number of halogens is 1. The second-order valence-electron chi connectivity index (χ2n) is 13.0. The number of anilines is 2. The summed E-state index contributed by atoms with van der Waals surface area (Å²) in [6, 6.07) is 4.91. The molecule has 1 aromatic carbocycles. The lowest BCUT2D eigenvalue weighted by molar-refractivity contribution is 0.0503. The molecule has 2 fully saturated rings. The van der Waals surface area contributed by atoms with Crippen molar-refractivity contribution in [2.75, 3.05) is 36.0 Å². The number of carbonyl (C=O) groups is 2. The Bertz CT molecular complexity index is 1500. The molecule has 1 N–H and O–H groups in total. The topological polar surface area (TPSA) is 130 Å². The molecule has 1 aliphatic carbocycles. The highest BCUT2D eigenvalue weighted by atomic mass is 19.1. The molecule has 2 amide bonds. The molecule has 2 aromatic heterocycles. The lowest BCUT2D eigenvalue weighted by Gasteiger charge is -2.38. The first kappa shape index (κ1) is 33.1. The van der Waals surface area contributed by atoms with E-state index >= 15 is 4.39 Å². The van der Waals surface area contributed by atoms with Gasteiger partial charge in [-0.15, -0.1) is 0 Å². The van der Waals surface area contributed by atoms with E-state index < -0.39 is 23.6 Å². The molecule has 3 aromatic rings. The van der Waals surface area contributed by atoms with Crippen LogP contribution in [0.1, 0.15) is 93.7 Å². The van der Waals surface area contributed by atoms with Gasteiger partial charge in [0.05, 0.1) is 11.6 Å². The van der Waals surface area contributed by atoms with Crippen LogP contribution < -0.4 is 15.1 Å². The van der Waals surface area contributed by atoms with Crippen LogP contribution >= 0.6 is 0 Å². The van der Waals surface area contributed by atoms with E-state index in [-0.39, 0.29) is 24.5 Å². The highest BCUT2D eigenvalue weighted by Crippen LogP contribution is 2.34. The van der Waals surface area contributed by atoms with Gasteiger partial charge < -0.3 is 29.3 Å². The van der Waals surface area contributed by atoms with Crippen LogP contribution in [0.4, 0.5) is 21.1 Å². The summed E-state index contributed by atoms with van der Waals surface area (Å²) >= 11 is 0. The largest absolute Gasteiger partial charge is 0.444 e.